The van der Waals surface area contributed by atoms with Gasteiger partial charge in [0.2, 0.25) is 0 Å². The fourth-order valence-electron chi connectivity index (χ4n) is 1.85. The second kappa shape index (κ2) is 5.49. The molecule has 0 saturated heterocycles. The van der Waals surface area contributed by atoms with Crippen LogP contribution in [-0.2, 0) is 11.3 Å². The number of amides is 1. The first-order valence-corrected chi connectivity index (χ1v) is 6.27. The van der Waals surface area contributed by atoms with E-state index in [2.05, 4.69) is 15.4 Å². The molecule has 106 valence electrons. The van der Waals surface area contributed by atoms with Crippen LogP contribution in [-0.4, -0.2) is 20.7 Å². The highest BCUT2D eigenvalue weighted by molar-refractivity contribution is 5.84. The van der Waals surface area contributed by atoms with E-state index in [4.69, 9.17) is 4.74 Å². The van der Waals surface area contributed by atoms with Gasteiger partial charge in [0.25, 0.3) is 5.56 Å². The molecule has 3 rings (SSSR count). The van der Waals surface area contributed by atoms with E-state index in [1.807, 2.05) is 30.3 Å². The van der Waals surface area contributed by atoms with Crippen LogP contribution < -0.4 is 10.9 Å². The normalized spacial score (nSPS) is 10.5. The smallest absolute Gasteiger partial charge is 0.412 e. The molecule has 1 amide bonds. The number of aromatic nitrogens is 3. The molecule has 0 aliphatic carbocycles. The monoisotopic (exact) mass is 284 g/mol. The van der Waals surface area contributed by atoms with Crippen LogP contribution in [0.25, 0.3) is 5.65 Å². The zero-order valence-corrected chi connectivity index (χ0v) is 10.9. The maximum atomic E-state index is 12.0. The van der Waals surface area contributed by atoms with Gasteiger partial charge in [0.15, 0.2) is 5.65 Å². The van der Waals surface area contributed by atoms with Crippen LogP contribution in [0.4, 0.5) is 10.5 Å². The Morgan fingerprint density at radius 3 is 2.90 bits per heavy atom. The molecule has 2 aromatic heterocycles. The Bertz CT molecular complexity index is 823. The van der Waals surface area contributed by atoms with Crippen molar-refractivity contribution in [1.29, 1.82) is 0 Å². The van der Waals surface area contributed by atoms with Crippen molar-refractivity contribution in [3.8, 4) is 0 Å². The molecule has 21 heavy (non-hydrogen) atoms. The fourth-order valence-corrected chi connectivity index (χ4v) is 1.85. The number of carbonyl (C=O) groups excluding carboxylic acids is 1. The molecule has 0 radical (unpaired) electrons. The van der Waals surface area contributed by atoms with E-state index in [1.54, 1.807) is 12.3 Å². The molecule has 1 aromatic carbocycles. The van der Waals surface area contributed by atoms with Crippen LogP contribution in [0.3, 0.4) is 0 Å². The van der Waals surface area contributed by atoms with E-state index in [9.17, 15) is 9.59 Å². The minimum Gasteiger partial charge on any atom is -0.444 e. The van der Waals surface area contributed by atoms with Gasteiger partial charge in [-0.3, -0.25) is 15.2 Å². The van der Waals surface area contributed by atoms with Crippen molar-refractivity contribution in [2.45, 2.75) is 6.61 Å². The average molecular weight is 284 g/mol. The molecule has 0 bridgehead atoms. The van der Waals surface area contributed by atoms with Crippen molar-refractivity contribution in [3.63, 3.8) is 0 Å². The number of ether oxygens (including phenoxy) is 1. The number of carbonyl (C=O) groups is 1. The molecular formula is C14H12N4O3. The zero-order valence-electron chi connectivity index (χ0n) is 10.9. The van der Waals surface area contributed by atoms with Gasteiger partial charge < -0.3 is 4.74 Å². The Kier molecular flexibility index (Phi) is 3.38. The van der Waals surface area contributed by atoms with Gasteiger partial charge in [-0.15, -0.1) is 0 Å². The molecule has 7 nitrogen and oxygen atoms in total. The number of H-pyrrole nitrogens is 1. The number of rotatable bonds is 3. The Balaban J connectivity index is 1.69. The minimum absolute atomic E-state index is 0.0491. The number of hydrogen-bond donors (Lipinski definition) is 2. The van der Waals surface area contributed by atoms with E-state index in [-0.39, 0.29) is 12.3 Å². The molecule has 2 N–H and O–H groups in total. The lowest BCUT2D eigenvalue weighted by Gasteiger charge is -2.06. The van der Waals surface area contributed by atoms with Gasteiger partial charge in [0, 0.05) is 12.3 Å². The molecule has 0 saturated carbocycles. The third kappa shape index (κ3) is 2.76. The number of fused-ring (bicyclic) bond motifs is 1. The van der Waals surface area contributed by atoms with Crippen molar-refractivity contribution in [2.75, 3.05) is 5.32 Å². The molecule has 0 spiro atoms. The van der Waals surface area contributed by atoms with Crippen LogP contribution in [0.1, 0.15) is 5.56 Å². The van der Waals surface area contributed by atoms with Crippen LogP contribution in [0.15, 0.2) is 53.6 Å². The number of benzene rings is 1. The van der Waals surface area contributed by atoms with Gasteiger partial charge in [-0.2, -0.15) is 4.52 Å². The predicted molar refractivity (Wildman–Crippen MR) is 76.1 cm³/mol. The van der Waals surface area contributed by atoms with Gasteiger partial charge in [-0.05, 0) is 5.56 Å². The van der Waals surface area contributed by atoms with Crippen LogP contribution in [0, 0.1) is 0 Å². The number of aromatic amines is 1. The van der Waals surface area contributed by atoms with Gasteiger partial charge in [-0.25, -0.2) is 9.78 Å². The largest absolute Gasteiger partial charge is 0.444 e. The van der Waals surface area contributed by atoms with Gasteiger partial charge in [-0.1, -0.05) is 30.3 Å². The van der Waals surface area contributed by atoms with E-state index in [0.717, 1.165) is 5.56 Å². The lowest BCUT2D eigenvalue weighted by molar-refractivity contribution is 0.155. The van der Waals surface area contributed by atoms with Crippen molar-refractivity contribution in [1.82, 2.24) is 14.6 Å². The molecule has 0 unspecified atom stereocenters. The molecule has 0 atom stereocenters. The van der Waals surface area contributed by atoms with Crippen LogP contribution in [0.2, 0.25) is 0 Å². The summed E-state index contributed by atoms with van der Waals surface area (Å²) in [5.74, 6) is 0. The Labute approximate surface area is 119 Å². The Morgan fingerprint density at radius 2 is 2.10 bits per heavy atom. The number of hydrogen-bond acceptors (Lipinski definition) is 4. The summed E-state index contributed by atoms with van der Waals surface area (Å²) in [5.41, 5.74) is 0.986. The Morgan fingerprint density at radius 1 is 1.29 bits per heavy atom. The SMILES string of the molecule is O=C(Nc1cnc2cc[nH]n2c1=O)OCc1ccccc1. The molecule has 3 aromatic rings. The summed E-state index contributed by atoms with van der Waals surface area (Å²) in [7, 11) is 0. The summed E-state index contributed by atoms with van der Waals surface area (Å²) in [6.07, 6.45) is 2.18. The molecular weight excluding hydrogens is 272 g/mol. The summed E-state index contributed by atoms with van der Waals surface area (Å²) >= 11 is 0. The average Bonchev–Trinajstić information content (AvgIpc) is 2.98. The summed E-state index contributed by atoms with van der Waals surface area (Å²) in [6, 6.07) is 10.9. The van der Waals surface area contributed by atoms with E-state index in [0.29, 0.717) is 5.65 Å². The van der Waals surface area contributed by atoms with Crippen molar-refractivity contribution < 1.29 is 9.53 Å². The van der Waals surface area contributed by atoms with Crippen LogP contribution in [0.5, 0.6) is 0 Å². The minimum atomic E-state index is -0.704. The highest BCUT2D eigenvalue weighted by atomic mass is 16.5. The van der Waals surface area contributed by atoms with Crippen LogP contribution >= 0.6 is 0 Å². The predicted octanol–water partition coefficient (Wildman–Crippen LogP) is 1.77. The summed E-state index contributed by atoms with van der Waals surface area (Å²) in [6.45, 7) is 0.131. The lowest BCUT2D eigenvalue weighted by atomic mass is 10.2. The summed E-state index contributed by atoms with van der Waals surface area (Å²) < 4.78 is 6.27. The molecule has 7 heteroatoms. The first kappa shape index (κ1) is 12.9. The summed E-state index contributed by atoms with van der Waals surface area (Å²) in [4.78, 5) is 27.7. The third-order valence-electron chi connectivity index (χ3n) is 2.87. The maximum absolute atomic E-state index is 12.0. The molecule has 0 aliphatic heterocycles. The molecule has 0 fully saturated rings. The number of nitrogens with zero attached hydrogens (tertiary/aromatic N) is 2. The van der Waals surface area contributed by atoms with Crippen molar-refractivity contribution in [2.24, 2.45) is 0 Å². The zero-order chi connectivity index (χ0) is 14.7. The topological polar surface area (TPSA) is 88.5 Å². The molecule has 2 heterocycles. The van der Waals surface area contributed by atoms with E-state index < -0.39 is 11.7 Å². The highest BCUT2D eigenvalue weighted by Gasteiger charge is 2.10. The van der Waals surface area contributed by atoms with Gasteiger partial charge in [0.05, 0.1) is 6.20 Å². The second-order valence-corrected chi connectivity index (χ2v) is 4.32. The third-order valence-corrected chi connectivity index (χ3v) is 2.87. The van der Waals surface area contributed by atoms with Crippen molar-refractivity contribution >= 4 is 17.4 Å². The van der Waals surface area contributed by atoms with Crippen molar-refractivity contribution in [3.05, 3.63) is 64.7 Å². The van der Waals surface area contributed by atoms with Gasteiger partial charge >= 0.3 is 6.09 Å². The van der Waals surface area contributed by atoms with Gasteiger partial charge in [0.1, 0.15) is 12.3 Å². The molecule has 0 aliphatic rings. The number of nitrogens with one attached hydrogen (secondary N) is 2. The van der Waals surface area contributed by atoms with E-state index >= 15 is 0 Å². The quantitative estimate of drug-likeness (QED) is 0.767. The summed E-state index contributed by atoms with van der Waals surface area (Å²) in [5, 5.41) is 5.09. The Hall–Kier alpha value is -3.09. The second-order valence-electron chi connectivity index (χ2n) is 4.32. The fraction of sp³-hybridized carbons (Fsp3) is 0.0714. The standard InChI is InChI=1S/C14H12N4O3/c19-13-11(8-15-12-6-7-16-18(12)13)17-14(20)21-9-10-4-2-1-3-5-10/h1-8,16H,9H2,(H,17,20). The maximum Gasteiger partial charge on any atom is 0.412 e. The highest BCUT2D eigenvalue weighted by Crippen LogP contribution is 2.04. The van der Waals surface area contributed by atoms with E-state index in [1.165, 1.54) is 10.7 Å². The first-order valence-electron chi connectivity index (χ1n) is 6.27. The number of anilines is 1. The first-order chi connectivity index (χ1) is 10.2. The lowest BCUT2D eigenvalue weighted by Crippen LogP contribution is -2.23.